The van der Waals surface area contributed by atoms with Gasteiger partial charge in [-0.25, -0.2) is 4.79 Å². The lowest BCUT2D eigenvalue weighted by molar-refractivity contribution is -0.165. The Morgan fingerprint density at radius 1 is 1.43 bits per heavy atom. The van der Waals surface area contributed by atoms with Crippen molar-refractivity contribution in [3.05, 3.63) is 0 Å². The highest BCUT2D eigenvalue weighted by molar-refractivity contribution is 5.83. The van der Waals surface area contributed by atoms with Crippen LogP contribution in [0.1, 0.15) is 13.3 Å². The summed E-state index contributed by atoms with van der Waals surface area (Å²) < 4.78 is 35.2. The van der Waals surface area contributed by atoms with Crippen LogP contribution in [0.5, 0.6) is 0 Å². The summed E-state index contributed by atoms with van der Waals surface area (Å²) in [6, 6.07) is -1.26. The van der Waals surface area contributed by atoms with E-state index in [1.807, 2.05) is 0 Å². The smallest absolute Gasteiger partial charge is 0.397 e. The number of hydrogen-bond acceptors (Lipinski definition) is 2. The Hall–Kier alpha value is -1.27. The summed E-state index contributed by atoms with van der Waals surface area (Å²) >= 11 is 0. The fraction of sp³-hybridized carbons (Fsp3) is 0.714. The fourth-order valence-corrected chi connectivity index (χ4v) is 0.678. The van der Waals surface area contributed by atoms with Gasteiger partial charge in [-0.1, -0.05) is 0 Å². The van der Waals surface area contributed by atoms with Gasteiger partial charge in [-0.3, -0.25) is 4.79 Å². The highest BCUT2D eigenvalue weighted by Gasteiger charge is 2.34. The SMILES string of the molecule is CC(C(=O)O)N(C)C(=O)CC(F)(F)F. The fourth-order valence-electron chi connectivity index (χ4n) is 0.678. The Kier molecular flexibility index (Phi) is 3.91. The van der Waals surface area contributed by atoms with Gasteiger partial charge in [0, 0.05) is 7.05 Å². The second-order valence-corrected chi connectivity index (χ2v) is 2.81. The van der Waals surface area contributed by atoms with Gasteiger partial charge in [0.1, 0.15) is 12.5 Å². The Morgan fingerprint density at radius 3 is 2.14 bits per heavy atom. The molecule has 0 saturated heterocycles. The van der Waals surface area contributed by atoms with E-state index in [-0.39, 0.29) is 0 Å². The van der Waals surface area contributed by atoms with Crippen LogP contribution in [0.2, 0.25) is 0 Å². The lowest BCUT2D eigenvalue weighted by Crippen LogP contribution is -2.41. The van der Waals surface area contributed by atoms with E-state index in [0.717, 1.165) is 14.0 Å². The normalized spacial score (nSPS) is 13.5. The largest absolute Gasteiger partial charge is 0.480 e. The molecule has 0 aromatic rings. The third kappa shape index (κ3) is 4.11. The molecule has 7 heteroatoms. The summed E-state index contributed by atoms with van der Waals surface area (Å²) in [5.41, 5.74) is 0. The van der Waals surface area contributed by atoms with Gasteiger partial charge in [-0.05, 0) is 6.92 Å². The number of alkyl halides is 3. The number of likely N-dealkylation sites (N-methyl/N-ethyl adjacent to an activating group) is 1. The van der Waals surface area contributed by atoms with Crippen molar-refractivity contribution in [1.29, 1.82) is 0 Å². The monoisotopic (exact) mass is 213 g/mol. The Morgan fingerprint density at radius 2 is 1.86 bits per heavy atom. The first kappa shape index (κ1) is 12.7. The average molecular weight is 213 g/mol. The predicted octanol–water partition coefficient (Wildman–Crippen LogP) is 0.870. The topological polar surface area (TPSA) is 57.6 Å². The van der Waals surface area contributed by atoms with Crippen LogP contribution < -0.4 is 0 Å². The number of nitrogens with zero attached hydrogens (tertiary/aromatic N) is 1. The van der Waals surface area contributed by atoms with E-state index in [1.54, 1.807) is 0 Å². The molecule has 0 rings (SSSR count). The van der Waals surface area contributed by atoms with Crippen molar-refractivity contribution < 1.29 is 27.9 Å². The van der Waals surface area contributed by atoms with Crippen LogP contribution >= 0.6 is 0 Å². The Bertz CT molecular complexity index is 239. The van der Waals surface area contributed by atoms with Gasteiger partial charge in [0.15, 0.2) is 0 Å². The maximum absolute atomic E-state index is 11.7. The summed E-state index contributed by atoms with van der Waals surface area (Å²) in [4.78, 5) is 21.7. The third-order valence-corrected chi connectivity index (χ3v) is 1.68. The molecular formula is C7H10F3NO3. The number of amides is 1. The summed E-state index contributed by atoms with van der Waals surface area (Å²) in [6.45, 7) is 1.14. The van der Waals surface area contributed by atoms with Crippen LogP contribution in [0, 0.1) is 0 Å². The van der Waals surface area contributed by atoms with Crippen molar-refractivity contribution in [2.45, 2.75) is 25.6 Å². The van der Waals surface area contributed by atoms with E-state index in [4.69, 9.17) is 5.11 Å². The number of carboxylic acids is 1. The molecule has 4 nitrogen and oxygen atoms in total. The number of carbonyl (C=O) groups excluding carboxylic acids is 1. The summed E-state index contributed by atoms with van der Waals surface area (Å²) in [6.07, 6.45) is -6.25. The molecule has 0 heterocycles. The van der Waals surface area contributed by atoms with E-state index in [1.165, 1.54) is 0 Å². The lowest BCUT2D eigenvalue weighted by atomic mass is 10.2. The first-order chi connectivity index (χ1) is 6.15. The molecule has 1 atom stereocenters. The van der Waals surface area contributed by atoms with Gasteiger partial charge in [0.2, 0.25) is 5.91 Å². The molecule has 0 fully saturated rings. The van der Waals surface area contributed by atoms with Crippen LogP contribution in [-0.4, -0.2) is 41.1 Å². The molecule has 0 aliphatic carbocycles. The van der Waals surface area contributed by atoms with Gasteiger partial charge in [0.05, 0.1) is 0 Å². The van der Waals surface area contributed by atoms with Gasteiger partial charge in [-0.2, -0.15) is 13.2 Å². The zero-order valence-corrected chi connectivity index (χ0v) is 7.63. The average Bonchev–Trinajstić information content (AvgIpc) is 1.98. The van der Waals surface area contributed by atoms with Crippen molar-refractivity contribution in [2.75, 3.05) is 7.05 Å². The number of halogens is 3. The molecule has 0 aromatic carbocycles. The van der Waals surface area contributed by atoms with Crippen molar-refractivity contribution in [2.24, 2.45) is 0 Å². The molecular weight excluding hydrogens is 203 g/mol. The second kappa shape index (κ2) is 4.30. The molecule has 1 unspecified atom stereocenters. The summed E-state index contributed by atoms with van der Waals surface area (Å²) in [7, 11) is 1.02. The molecule has 0 saturated carbocycles. The third-order valence-electron chi connectivity index (χ3n) is 1.68. The van der Waals surface area contributed by atoms with Crippen LogP contribution in [0.3, 0.4) is 0 Å². The minimum Gasteiger partial charge on any atom is -0.480 e. The number of carboxylic acid groups (broad SMARTS) is 1. The summed E-state index contributed by atoms with van der Waals surface area (Å²) in [5.74, 6) is -2.60. The summed E-state index contributed by atoms with van der Waals surface area (Å²) in [5, 5.41) is 8.42. The maximum Gasteiger partial charge on any atom is 0.397 e. The van der Waals surface area contributed by atoms with Gasteiger partial charge < -0.3 is 10.0 Å². The number of aliphatic carboxylic acids is 1. The van der Waals surface area contributed by atoms with E-state index >= 15 is 0 Å². The number of rotatable bonds is 3. The molecule has 0 aliphatic rings. The zero-order valence-electron chi connectivity index (χ0n) is 7.63. The highest BCUT2D eigenvalue weighted by Crippen LogP contribution is 2.20. The van der Waals surface area contributed by atoms with Crippen LogP contribution in [0.25, 0.3) is 0 Å². The van der Waals surface area contributed by atoms with Crippen LogP contribution in [0.15, 0.2) is 0 Å². The number of carbonyl (C=O) groups is 2. The molecule has 14 heavy (non-hydrogen) atoms. The van der Waals surface area contributed by atoms with Crippen molar-refractivity contribution in [1.82, 2.24) is 4.90 Å². The number of hydrogen-bond donors (Lipinski definition) is 1. The van der Waals surface area contributed by atoms with E-state index in [0.29, 0.717) is 4.90 Å². The lowest BCUT2D eigenvalue weighted by Gasteiger charge is -2.21. The Balaban J connectivity index is 4.33. The van der Waals surface area contributed by atoms with E-state index in [2.05, 4.69) is 0 Å². The van der Waals surface area contributed by atoms with Gasteiger partial charge in [0.25, 0.3) is 0 Å². The molecule has 0 aromatic heterocycles. The minimum absolute atomic E-state index is 0.551. The Labute approximate surface area is 78.3 Å². The molecule has 0 spiro atoms. The second-order valence-electron chi connectivity index (χ2n) is 2.81. The molecule has 1 N–H and O–H groups in total. The zero-order chi connectivity index (χ0) is 11.5. The van der Waals surface area contributed by atoms with Crippen molar-refractivity contribution >= 4 is 11.9 Å². The highest BCUT2D eigenvalue weighted by atomic mass is 19.4. The molecule has 1 amide bonds. The maximum atomic E-state index is 11.7. The van der Waals surface area contributed by atoms with Crippen LogP contribution in [0.4, 0.5) is 13.2 Å². The predicted molar refractivity (Wildman–Crippen MR) is 40.5 cm³/mol. The van der Waals surface area contributed by atoms with Crippen molar-refractivity contribution in [3.63, 3.8) is 0 Å². The molecule has 0 aliphatic heterocycles. The molecule has 0 bridgehead atoms. The van der Waals surface area contributed by atoms with Crippen LogP contribution in [-0.2, 0) is 9.59 Å². The van der Waals surface area contributed by atoms with Gasteiger partial charge in [-0.15, -0.1) is 0 Å². The minimum atomic E-state index is -4.61. The first-order valence-electron chi connectivity index (χ1n) is 3.70. The first-order valence-corrected chi connectivity index (χ1v) is 3.70. The van der Waals surface area contributed by atoms with E-state index in [9.17, 15) is 22.8 Å². The molecule has 0 radical (unpaired) electrons. The van der Waals surface area contributed by atoms with Crippen molar-refractivity contribution in [3.8, 4) is 0 Å². The van der Waals surface area contributed by atoms with E-state index < -0.39 is 30.5 Å². The standard InChI is InChI=1S/C7H10F3NO3/c1-4(6(13)14)11(2)5(12)3-7(8,9)10/h4H,3H2,1-2H3,(H,13,14). The van der Waals surface area contributed by atoms with Gasteiger partial charge >= 0.3 is 12.1 Å². The molecule has 82 valence electrons. The quantitative estimate of drug-likeness (QED) is 0.756.